The Balaban J connectivity index is 1.27. The van der Waals surface area contributed by atoms with Gasteiger partial charge in [-0.05, 0) is 69.7 Å². The molecule has 3 aromatic rings. The fourth-order valence-corrected chi connectivity index (χ4v) is 6.04. The van der Waals surface area contributed by atoms with Crippen LogP contribution >= 0.6 is 0 Å². The van der Waals surface area contributed by atoms with E-state index in [2.05, 4.69) is 32.4 Å². The van der Waals surface area contributed by atoms with E-state index in [9.17, 15) is 9.50 Å². The van der Waals surface area contributed by atoms with E-state index in [0.717, 1.165) is 25.7 Å². The number of anilines is 1. The summed E-state index contributed by atoms with van der Waals surface area (Å²) in [7, 11) is 1.37. The summed E-state index contributed by atoms with van der Waals surface area (Å²) >= 11 is 0. The van der Waals surface area contributed by atoms with Crippen LogP contribution in [0.25, 0.3) is 22.4 Å². The van der Waals surface area contributed by atoms with Crippen molar-refractivity contribution in [2.45, 2.75) is 75.3 Å². The summed E-state index contributed by atoms with van der Waals surface area (Å²) in [4.78, 5) is 10.3. The third-order valence-electron chi connectivity index (χ3n) is 8.10. The molecular weight excluding hydrogens is 478 g/mol. The largest absolute Gasteiger partial charge is 0.507 e. The molecule has 2 aromatic heterocycles. The van der Waals surface area contributed by atoms with Crippen molar-refractivity contribution in [3.63, 3.8) is 0 Å². The first-order valence-electron chi connectivity index (χ1n) is 12.6. The van der Waals surface area contributed by atoms with Gasteiger partial charge in [-0.3, -0.25) is 0 Å². The highest BCUT2D eigenvalue weighted by Gasteiger charge is 2.58. The molecule has 1 aromatic carbocycles. The molecule has 6 rings (SSSR count). The van der Waals surface area contributed by atoms with Gasteiger partial charge in [0, 0.05) is 34.4 Å². The number of phenols is 1. The van der Waals surface area contributed by atoms with Crippen molar-refractivity contribution in [1.29, 1.82) is 0 Å². The summed E-state index contributed by atoms with van der Waals surface area (Å²) < 4.78 is 34.5. The number of methoxy groups -OCH3 is 1. The van der Waals surface area contributed by atoms with Crippen molar-refractivity contribution in [2.75, 3.05) is 12.0 Å². The summed E-state index contributed by atoms with van der Waals surface area (Å²) in [5.74, 6) is -0.281. The summed E-state index contributed by atoms with van der Waals surface area (Å²) in [5, 5.41) is 23.0. The number of phenolic OH excluding ortho intramolecular Hbond substituents is 1. The Morgan fingerprint density at radius 3 is 2.57 bits per heavy atom. The lowest BCUT2D eigenvalue weighted by molar-refractivity contribution is 0.0828. The van der Waals surface area contributed by atoms with Crippen LogP contribution in [0.1, 0.15) is 46.0 Å². The molecule has 3 aliphatic rings. The van der Waals surface area contributed by atoms with Crippen LogP contribution in [-0.2, 0) is 0 Å². The van der Waals surface area contributed by atoms with Crippen LogP contribution in [0.15, 0.2) is 36.7 Å². The number of halogens is 2. The number of aromatic nitrogens is 4. The third-order valence-corrected chi connectivity index (χ3v) is 8.10. The molecule has 2 N–H and O–H groups in total. The van der Waals surface area contributed by atoms with Gasteiger partial charge in [0.05, 0.1) is 19.3 Å². The van der Waals surface area contributed by atoms with Crippen LogP contribution in [0, 0.1) is 5.95 Å². The van der Waals surface area contributed by atoms with Crippen LogP contribution < -0.4 is 15.0 Å². The minimum Gasteiger partial charge on any atom is -0.507 e. The summed E-state index contributed by atoms with van der Waals surface area (Å²) in [6.45, 7) is 4.15. The fourth-order valence-electron chi connectivity index (χ4n) is 6.04. The minimum atomic E-state index is -1.04. The molecule has 3 fully saturated rings. The molecule has 2 saturated heterocycles. The number of hydrogen-bond donors (Lipinski definition) is 2. The quantitative estimate of drug-likeness (QED) is 0.472. The Kier molecular flexibility index (Phi) is 5.56. The molecule has 10 heteroatoms. The van der Waals surface area contributed by atoms with Crippen molar-refractivity contribution in [1.82, 2.24) is 25.5 Å². The van der Waals surface area contributed by atoms with E-state index in [1.807, 2.05) is 11.8 Å². The number of hydrogen-bond acceptors (Lipinski definition) is 8. The van der Waals surface area contributed by atoms with Crippen molar-refractivity contribution >= 4 is 5.95 Å². The van der Waals surface area contributed by atoms with Gasteiger partial charge >= 0.3 is 0 Å². The zero-order valence-electron chi connectivity index (χ0n) is 21.1. The van der Waals surface area contributed by atoms with Gasteiger partial charge in [0.2, 0.25) is 5.95 Å². The molecule has 1 aliphatic carbocycles. The first-order chi connectivity index (χ1) is 17.7. The Morgan fingerprint density at radius 2 is 1.89 bits per heavy atom. The predicted molar refractivity (Wildman–Crippen MR) is 135 cm³/mol. The Morgan fingerprint density at radius 1 is 1.08 bits per heavy atom. The van der Waals surface area contributed by atoms with Crippen molar-refractivity contribution in [3.8, 4) is 33.9 Å². The smallest absolute Gasteiger partial charge is 0.255 e. The van der Waals surface area contributed by atoms with Gasteiger partial charge in [-0.15, -0.1) is 10.2 Å². The molecule has 8 nitrogen and oxygen atoms in total. The Bertz CT molecular complexity index is 1340. The normalized spacial score (nSPS) is 28.8. The second kappa shape index (κ2) is 8.58. The number of piperidine rings is 1. The maximum absolute atomic E-state index is 15.8. The van der Waals surface area contributed by atoms with Gasteiger partial charge < -0.3 is 20.1 Å². The third kappa shape index (κ3) is 4.17. The second-order valence-corrected chi connectivity index (χ2v) is 11.0. The average molecular weight is 509 g/mol. The lowest BCUT2D eigenvalue weighted by Crippen LogP contribution is -2.66. The van der Waals surface area contributed by atoms with Gasteiger partial charge in [-0.25, -0.2) is 14.4 Å². The highest BCUT2D eigenvalue weighted by Crippen LogP contribution is 2.47. The summed E-state index contributed by atoms with van der Waals surface area (Å²) in [6.07, 6.45) is 6.34. The molecule has 2 aliphatic heterocycles. The van der Waals surface area contributed by atoms with Gasteiger partial charge in [0.1, 0.15) is 17.6 Å². The monoisotopic (exact) mass is 508 g/mol. The van der Waals surface area contributed by atoms with Crippen LogP contribution in [0.2, 0.25) is 0 Å². The van der Waals surface area contributed by atoms with E-state index in [-0.39, 0.29) is 29.1 Å². The SMILES string of the molecule is COc1cc(-c2ccc(-c3cnc(N(C4CC4)[C@@H]4C[C@@]5(C)CC[C@](C)(N5)[C@@H]4F)nn3)c(O)c2)cnc1F. The molecule has 0 spiro atoms. The Labute approximate surface area is 214 Å². The van der Waals surface area contributed by atoms with Crippen LogP contribution in [0.3, 0.4) is 0 Å². The van der Waals surface area contributed by atoms with E-state index in [1.54, 1.807) is 24.4 Å². The number of alkyl halides is 1. The maximum atomic E-state index is 15.8. The number of ether oxygens (including phenoxy) is 1. The van der Waals surface area contributed by atoms with Gasteiger partial charge in [-0.2, -0.15) is 4.39 Å². The number of benzene rings is 1. The molecular formula is C27H30F2N6O2. The topological polar surface area (TPSA) is 96.3 Å². The van der Waals surface area contributed by atoms with Crippen LogP contribution in [0.5, 0.6) is 11.5 Å². The Hall–Kier alpha value is -3.40. The number of rotatable bonds is 6. The molecule has 37 heavy (non-hydrogen) atoms. The highest BCUT2D eigenvalue weighted by molar-refractivity contribution is 5.74. The first kappa shape index (κ1) is 24.0. The summed E-state index contributed by atoms with van der Waals surface area (Å²) in [5.41, 5.74) is 1.45. The number of nitrogens with one attached hydrogen (secondary N) is 1. The number of aromatic hydroxyl groups is 1. The lowest BCUT2D eigenvalue weighted by atomic mass is 9.82. The average Bonchev–Trinajstić information content (AvgIpc) is 3.68. The van der Waals surface area contributed by atoms with E-state index in [1.165, 1.54) is 19.4 Å². The van der Waals surface area contributed by atoms with Gasteiger partial charge in [0.15, 0.2) is 5.75 Å². The molecule has 4 heterocycles. The van der Waals surface area contributed by atoms with Crippen LogP contribution in [0.4, 0.5) is 14.7 Å². The van der Waals surface area contributed by atoms with E-state index in [0.29, 0.717) is 34.8 Å². The zero-order valence-corrected chi connectivity index (χ0v) is 21.1. The lowest BCUT2D eigenvalue weighted by Gasteiger charge is -2.48. The zero-order chi connectivity index (χ0) is 25.9. The van der Waals surface area contributed by atoms with Gasteiger partial charge in [0.25, 0.3) is 5.95 Å². The second-order valence-electron chi connectivity index (χ2n) is 11.0. The van der Waals surface area contributed by atoms with Crippen molar-refractivity contribution in [3.05, 3.63) is 42.6 Å². The molecule has 0 radical (unpaired) electrons. The molecule has 0 amide bonds. The maximum Gasteiger partial charge on any atom is 0.255 e. The summed E-state index contributed by atoms with van der Waals surface area (Å²) in [6, 6.07) is 6.45. The number of fused-ring (bicyclic) bond motifs is 2. The highest BCUT2D eigenvalue weighted by atomic mass is 19.1. The molecule has 4 atom stereocenters. The molecule has 2 bridgehead atoms. The van der Waals surface area contributed by atoms with E-state index >= 15 is 4.39 Å². The predicted octanol–water partition coefficient (Wildman–Crippen LogP) is 4.43. The van der Waals surface area contributed by atoms with E-state index in [4.69, 9.17) is 4.74 Å². The first-order valence-corrected chi connectivity index (χ1v) is 12.6. The van der Waals surface area contributed by atoms with Crippen LogP contribution in [-0.4, -0.2) is 61.7 Å². The van der Waals surface area contributed by atoms with Crippen molar-refractivity contribution < 1.29 is 18.6 Å². The molecule has 0 unspecified atom stereocenters. The fraction of sp³-hybridized carbons (Fsp3) is 0.481. The minimum absolute atomic E-state index is 0.0206. The molecule has 194 valence electrons. The van der Waals surface area contributed by atoms with E-state index < -0.39 is 17.7 Å². The van der Waals surface area contributed by atoms with Crippen molar-refractivity contribution in [2.24, 2.45) is 0 Å². The molecule has 1 saturated carbocycles. The number of nitrogens with zero attached hydrogens (tertiary/aromatic N) is 5. The van der Waals surface area contributed by atoms with Gasteiger partial charge in [-0.1, -0.05) is 6.07 Å². The number of pyridine rings is 1. The standard InChI is InChI=1S/C27H30F2N6O2/c1-26-8-9-27(2,34-26)23(28)20(12-26)35(17-5-6-17)25-31-14-19(32-33-25)18-7-4-15(10-21(18)36)16-11-22(37-3)24(29)30-13-16/h4,7,10-11,13-14,17,20,23,34,36H,5-6,8-9,12H2,1-3H3/t20-,23-,26-,27+/m1/s1.